The molecule has 2 amide bonds. The predicted octanol–water partition coefficient (Wildman–Crippen LogP) is 2.46. The van der Waals surface area contributed by atoms with Crippen LogP contribution in [0.3, 0.4) is 0 Å². The van der Waals surface area contributed by atoms with E-state index in [4.69, 9.17) is 11.6 Å². The highest BCUT2D eigenvalue weighted by Crippen LogP contribution is 2.40. The maximum Gasteiger partial charge on any atom is 0.248 e. The Morgan fingerprint density at radius 2 is 2.03 bits per heavy atom. The van der Waals surface area contributed by atoms with Crippen molar-refractivity contribution >= 4 is 23.4 Å². The first-order chi connectivity index (χ1) is 17.5. The average molecular weight is 536 g/mol. The minimum atomic E-state index is -0.879. The van der Waals surface area contributed by atoms with E-state index in [0.29, 0.717) is 5.92 Å². The SMILES string of the molecule is CC(C)(C)[C@@H](C(=O)N1C[C@H](O)C[C@H]1C(=O)NCC(CO)Cc1c(F)cccc1Cl)n1cc(C2CC2)nn1. The van der Waals surface area contributed by atoms with Crippen LogP contribution in [0.2, 0.25) is 5.02 Å². The number of benzene rings is 1. The molecule has 1 saturated heterocycles. The molecule has 1 aliphatic heterocycles. The Morgan fingerprint density at radius 3 is 2.65 bits per heavy atom. The molecule has 37 heavy (non-hydrogen) atoms. The fourth-order valence-electron chi connectivity index (χ4n) is 4.91. The van der Waals surface area contributed by atoms with Crippen LogP contribution in [0.5, 0.6) is 0 Å². The third kappa shape index (κ3) is 6.30. The van der Waals surface area contributed by atoms with Crippen molar-refractivity contribution in [2.24, 2.45) is 11.3 Å². The van der Waals surface area contributed by atoms with Crippen LogP contribution in [0.4, 0.5) is 4.39 Å². The molecular weight excluding hydrogens is 501 g/mol. The normalized spacial score (nSPS) is 21.6. The van der Waals surface area contributed by atoms with Crippen molar-refractivity contribution in [2.75, 3.05) is 19.7 Å². The summed E-state index contributed by atoms with van der Waals surface area (Å²) in [6, 6.07) is 2.79. The summed E-state index contributed by atoms with van der Waals surface area (Å²) in [7, 11) is 0. The van der Waals surface area contributed by atoms with Gasteiger partial charge in [0.15, 0.2) is 0 Å². The molecule has 1 saturated carbocycles. The molecule has 0 spiro atoms. The Balaban J connectivity index is 1.46. The highest BCUT2D eigenvalue weighted by Gasteiger charge is 2.45. The standard InChI is InChI=1S/C26H35ClFN5O4/c1-26(2,3)23(33-13-21(30-31-33)16-7-8-16)25(37)32-12-17(35)10-22(32)24(36)29-11-15(14-34)9-18-19(27)5-4-6-20(18)28/h4-6,13,15-17,22-23,34-35H,7-12,14H2,1-3H3,(H,29,36)/t15?,17-,22+,23-/m1/s1. The first kappa shape index (κ1) is 27.5. The second kappa shape index (κ2) is 11.0. The third-order valence-corrected chi connectivity index (χ3v) is 7.44. The lowest BCUT2D eigenvalue weighted by Gasteiger charge is -2.34. The zero-order valence-corrected chi connectivity index (χ0v) is 22.2. The summed E-state index contributed by atoms with van der Waals surface area (Å²) in [5, 5.41) is 31.7. The molecule has 0 bridgehead atoms. The van der Waals surface area contributed by atoms with Gasteiger partial charge in [-0.2, -0.15) is 0 Å². The van der Waals surface area contributed by atoms with Crippen molar-refractivity contribution < 1.29 is 24.2 Å². The van der Waals surface area contributed by atoms with Gasteiger partial charge in [-0.25, -0.2) is 9.07 Å². The topological polar surface area (TPSA) is 121 Å². The van der Waals surface area contributed by atoms with Crippen LogP contribution in [-0.2, 0) is 16.0 Å². The van der Waals surface area contributed by atoms with Crippen LogP contribution < -0.4 is 5.32 Å². The molecule has 202 valence electrons. The lowest BCUT2D eigenvalue weighted by molar-refractivity contribution is -0.144. The molecule has 1 aromatic heterocycles. The van der Waals surface area contributed by atoms with Crippen LogP contribution >= 0.6 is 11.6 Å². The number of likely N-dealkylation sites (tertiary alicyclic amines) is 1. The molecule has 2 aliphatic rings. The first-order valence-electron chi connectivity index (χ1n) is 12.7. The molecule has 2 fully saturated rings. The minimum absolute atomic E-state index is 0.0297. The summed E-state index contributed by atoms with van der Waals surface area (Å²) < 4.78 is 15.8. The van der Waals surface area contributed by atoms with Crippen LogP contribution in [0, 0.1) is 17.2 Å². The van der Waals surface area contributed by atoms with Crippen LogP contribution in [0.1, 0.15) is 63.3 Å². The number of rotatable bonds is 9. The van der Waals surface area contributed by atoms with E-state index in [1.807, 2.05) is 27.0 Å². The van der Waals surface area contributed by atoms with E-state index >= 15 is 0 Å². The van der Waals surface area contributed by atoms with Crippen molar-refractivity contribution in [3.05, 3.63) is 46.5 Å². The maximum atomic E-state index is 14.2. The second-order valence-electron chi connectivity index (χ2n) is 11.3. The van der Waals surface area contributed by atoms with E-state index in [9.17, 15) is 24.2 Å². The molecule has 4 atom stereocenters. The number of nitrogens with zero attached hydrogens (tertiary/aromatic N) is 4. The van der Waals surface area contributed by atoms with Crippen molar-refractivity contribution in [1.82, 2.24) is 25.2 Å². The number of aliphatic hydroxyl groups is 2. The van der Waals surface area contributed by atoms with E-state index in [-0.39, 0.29) is 49.0 Å². The smallest absolute Gasteiger partial charge is 0.248 e. The number of hydrogen-bond acceptors (Lipinski definition) is 6. The number of aliphatic hydroxyl groups excluding tert-OH is 2. The van der Waals surface area contributed by atoms with Gasteiger partial charge in [0.25, 0.3) is 0 Å². The van der Waals surface area contributed by atoms with Gasteiger partial charge in [-0.1, -0.05) is 43.7 Å². The molecule has 1 aliphatic carbocycles. The van der Waals surface area contributed by atoms with Gasteiger partial charge in [0.1, 0.15) is 17.9 Å². The first-order valence-corrected chi connectivity index (χ1v) is 13.1. The van der Waals surface area contributed by atoms with Gasteiger partial charge < -0.3 is 20.4 Å². The molecule has 1 unspecified atom stereocenters. The number of nitrogens with one attached hydrogen (secondary N) is 1. The summed E-state index contributed by atoms with van der Waals surface area (Å²) in [5.74, 6) is -1.32. The van der Waals surface area contributed by atoms with E-state index in [1.165, 1.54) is 17.0 Å². The summed E-state index contributed by atoms with van der Waals surface area (Å²) in [4.78, 5) is 28.4. The van der Waals surface area contributed by atoms with Crippen molar-refractivity contribution in [3.63, 3.8) is 0 Å². The zero-order valence-electron chi connectivity index (χ0n) is 21.4. The Kier molecular flexibility index (Phi) is 8.20. The highest BCUT2D eigenvalue weighted by atomic mass is 35.5. The molecule has 3 N–H and O–H groups in total. The van der Waals surface area contributed by atoms with Crippen molar-refractivity contribution in [3.8, 4) is 0 Å². The van der Waals surface area contributed by atoms with E-state index in [2.05, 4.69) is 15.6 Å². The molecule has 1 aromatic carbocycles. The molecule has 9 nitrogen and oxygen atoms in total. The average Bonchev–Trinajstić information content (AvgIpc) is 3.44. The fraction of sp³-hybridized carbons (Fsp3) is 0.615. The van der Waals surface area contributed by atoms with Crippen molar-refractivity contribution in [2.45, 2.75) is 70.6 Å². The number of carbonyl (C=O) groups is 2. The highest BCUT2D eigenvalue weighted by molar-refractivity contribution is 6.31. The Labute approximate surface area is 221 Å². The number of halogens is 2. The van der Waals surface area contributed by atoms with E-state index in [1.54, 1.807) is 10.7 Å². The van der Waals surface area contributed by atoms with Gasteiger partial charge in [0.2, 0.25) is 11.8 Å². The zero-order chi connectivity index (χ0) is 26.9. The molecular formula is C26H35ClFN5O4. The Bertz CT molecular complexity index is 1110. The van der Waals surface area contributed by atoms with Gasteiger partial charge in [0, 0.05) is 54.7 Å². The van der Waals surface area contributed by atoms with Gasteiger partial charge >= 0.3 is 0 Å². The number of aromatic nitrogens is 3. The number of hydrogen-bond donors (Lipinski definition) is 3. The molecule has 11 heteroatoms. The number of β-amino-alcohol motifs (C(OH)–C–C–N with tert-alkyl or cyclic N) is 1. The van der Waals surface area contributed by atoms with Crippen LogP contribution in [0.25, 0.3) is 0 Å². The van der Waals surface area contributed by atoms with Crippen molar-refractivity contribution in [1.29, 1.82) is 0 Å². The van der Waals surface area contributed by atoms with E-state index in [0.717, 1.165) is 18.5 Å². The molecule has 2 aromatic rings. The summed E-state index contributed by atoms with van der Waals surface area (Å²) in [6.07, 6.45) is 3.33. The Morgan fingerprint density at radius 1 is 1.30 bits per heavy atom. The quantitative estimate of drug-likeness (QED) is 0.453. The fourth-order valence-corrected chi connectivity index (χ4v) is 5.15. The van der Waals surface area contributed by atoms with E-state index < -0.39 is 41.2 Å². The monoisotopic (exact) mass is 535 g/mol. The molecule has 2 heterocycles. The van der Waals surface area contributed by atoms with Gasteiger partial charge in [-0.3, -0.25) is 9.59 Å². The lowest BCUT2D eigenvalue weighted by Crippen LogP contribution is -2.51. The minimum Gasteiger partial charge on any atom is -0.396 e. The number of carbonyl (C=O) groups excluding carboxylic acids is 2. The summed E-state index contributed by atoms with van der Waals surface area (Å²) in [6.45, 7) is 5.58. The predicted molar refractivity (Wildman–Crippen MR) is 135 cm³/mol. The molecule has 4 rings (SSSR count). The summed E-state index contributed by atoms with van der Waals surface area (Å²) >= 11 is 6.11. The van der Waals surface area contributed by atoms with Crippen LogP contribution in [-0.4, -0.2) is 73.8 Å². The maximum absolute atomic E-state index is 14.2. The van der Waals surface area contributed by atoms with Gasteiger partial charge in [-0.15, -0.1) is 5.10 Å². The number of amides is 2. The van der Waals surface area contributed by atoms with Gasteiger partial charge in [0.05, 0.1) is 11.8 Å². The second-order valence-corrected chi connectivity index (χ2v) is 11.7. The molecule has 0 radical (unpaired) electrons. The lowest BCUT2D eigenvalue weighted by atomic mass is 9.85. The van der Waals surface area contributed by atoms with Gasteiger partial charge in [-0.05, 0) is 36.8 Å². The van der Waals surface area contributed by atoms with Crippen LogP contribution in [0.15, 0.2) is 24.4 Å². The largest absolute Gasteiger partial charge is 0.396 e. The Hall–Kier alpha value is -2.56. The third-order valence-electron chi connectivity index (χ3n) is 7.08. The summed E-state index contributed by atoms with van der Waals surface area (Å²) in [5.41, 5.74) is 0.612.